The molecule has 0 unspecified atom stereocenters. The van der Waals surface area contributed by atoms with Crippen LogP contribution in [0.15, 0.2) is 30.5 Å². The minimum absolute atomic E-state index is 0.0431. The SMILES string of the molecule is COc1cc(C(=O)N2CCc3cc(C(C)(C)C)cc([C@@H]4CCCN4)c3C2)ccn1. The Morgan fingerprint density at radius 1 is 1.28 bits per heavy atom. The number of pyridine rings is 1. The highest BCUT2D eigenvalue weighted by Crippen LogP contribution is 2.36. The molecule has 0 saturated carbocycles. The van der Waals surface area contributed by atoms with Crippen molar-refractivity contribution in [2.75, 3.05) is 20.2 Å². The predicted octanol–water partition coefficient (Wildman–Crippen LogP) is 4.01. The van der Waals surface area contributed by atoms with Crippen molar-refractivity contribution >= 4 is 5.91 Å². The van der Waals surface area contributed by atoms with E-state index in [1.165, 1.54) is 28.7 Å². The maximum Gasteiger partial charge on any atom is 0.254 e. The van der Waals surface area contributed by atoms with Crippen LogP contribution in [0.2, 0.25) is 0 Å². The van der Waals surface area contributed by atoms with Crippen LogP contribution in [0.25, 0.3) is 0 Å². The molecule has 2 aliphatic rings. The summed E-state index contributed by atoms with van der Waals surface area (Å²) in [5.74, 6) is 0.514. The van der Waals surface area contributed by atoms with Gasteiger partial charge in [-0.2, -0.15) is 0 Å². The fraction of sp³-hybridized carbons (Fsp3) is 0.500. The number of nitrogens with zero attached hydrogens (tertiary/aromatic N) is 2. The van der Waals surface area contributed by atoms with Crippen LogP contribution in [0.1, 0.15) is 72.3 Å². The molecule has 1 N–H and O–H groups in total. The Balaban J connectivity index is 1.68. The van der Waals surface area contributed by atoms with Gasteiger partial charge in [-0.15, -0.1) is 0 Å². The summed E-state index contributed by atoms with van der Waals surface area (Å²) in [5, 5.41) is 3.66. The molecule has 3 heterocycles. The number of hydrogen-bond acceptors (Lipinski definition) is 4. The number of nitrogens with one attached hydrogen (secondary N) is 1. The summed E-state index contributed by atoms with van der Waals surface area (Å²) in [6.07, 6.45) is 4.90. The lowest BCUT2D eigenvalue weighted by atomic mass is 9.80. The van der Waals surface area contributed by atoms with Crippen LogP contribution in [0.3, 0.4) is 0 Å². The molecule has 1 aromatic carbocycles. The van der Waals surface area contributed by atoms with Gasteiger partial charge in [0.2, 0.25) is 5.88 Å². The third-order valence-corrected chi connectivity index (χ3v) is 6.16. The average molecular weight is 394 g/mol. The van der Waals surface area contributed by atoms with Gasteiger partial charge in [0, 0.05) is 37.0 Å². The molecule has 1 atom stereocenters. The highest BCUT2D eigenvalue weighted by Gasteiger charge is 2.29. The van der Waals surface area contributed by atoms with Crippen molar-refractivity contribution in [1.29, 1.82) is 0 Å². The number of benzene rings is 1. The quantitative estimate of drug-likeness (QED) is 0.856. The molecular weight excluding hydrogens is 362 g/mol. The molecule has 5 heteroatoms. The number of methoxy groups -OCH3 is 1. The number of carbonyl (C=O) groups excluding carboxylic acids is 1. The Labute approximate surface area is 173 Å². The Morgan fingerprint density at radius 2 is 2.10 bits per heavy atom. The summed E-state index contributed by atoms with van der Waals surface area (Å²) in [6, 6.07) is 8.63. The second-order valence-corrected chi connectivity index (χ2v) is 9.17. The molecule has 2 aromatic rings. The van der Waals surface area contributed by atoms with Crippen molar-refractivity contribution in [1.82, 2.24) is 15.2 Å². The third-order valence-electron chi connectivity index (χ3n) is 6.16. The Bertz CT molecular complexity index is 911. The molecule has 0 spiro atoms. The summed E-state index contributed by atoms with van der Waals surface area (Å²) >= 11 is 0. The zero-order chi connectivity index (χ0) is 20.6. The molecule has 0 bridgehead atoms. The lowest BCUT2D eigenvalue weighted by Gasteiger charge is -2.34. The van der Waals surface area contributed by atoms with Gasteiger partial charge in [-0.25, -0.2) is 4.98 Å². The number of aromatic nitrogens is 1. The minimum Gasteiger partial charge on any atom is -0.481 e. The topological polar surface area (TPSA) is 54.5 Å². The third kappa shape index (κ3) is 4.01. The van der Waals surface area contributed by atoms with Crippen molar-refractivity contribution in [3.8, 4) is 5.88 Å². The molecule has 0 radical (unpaired) electrons. The van der Waals surface area contributed by atoms with Crippen LogP contribution in [0.5, 0.6) is 5.88 Å². The fourth-order valence-corrected chi connectivity index (χ4v) is 4.40. The summed E-state index contributed by atoms with van der Waals surface area (Å²) in [6.45, 7) is 9.29. The Hall–Kier alpha value is -2.40. The maximum atomic E-state index is 13.2. The van der Waals surface area contributed by atoms with Crippen molar-refractivity contribution in [2.24, 2.45) is 0 Å². The summed E-state index contributed by atoms with van der Waals surface area (Å²) < 4.78 is 5.19. The van der Waals surface area contributed by atoms with E-state index in [4.69, 9.17) is 4.74 Å². The molecule has 0 aliphatic carbocycles. The van der Waals surface area contributed by atoms with Crippen molar-refractivity contribution in [3.63, 3.8) is 0 Å². The van der Waals surface area contributed by atoms with E-state index in [1.54, 1.807) is 25.4 Å². The molecule has 5 nitrogen and oxygen atoms in total. The number of amides is 1. The van der Waals surface area contributed by atoms with E-state index in [-0.39, 0.29) is 11.3 Å². The van der Waals surface area contributed by atoms with Gasteiger partial charge >= 0.3 is 0 Å². The van der Waals surface area contributed by atoms with Gasteiger partial charge < -0.3 is 15.0 Å². The van der Waals surface area contributed by atoms with Crippen LogP contribution in [0.4, 0.5) is 0 Å². The summed E-state index contributed by atoms with van der Waals surface area (Å²) in [7, 11) is 1.57. The molecule has 1 amide bonds. The number of hydrogen-bond donors (Lipinski definition) is 1. The molecule has 4 rings (SSSR count). The smallest absolute Gasteiger partial charge is 0.254 e. The van der Waals surface area contributed by atoms with E-state index in [1.807, 2.05) is 4.90 Å². The molecule has 154 valence electrons. The van der Waals surface area contributed by atoms with Gasteiger partial charge in [0.15, 0.2) is 0 Å². The van der Waals surface area contributed by atoms with Crippen LogP contribution >= 0.6 is 0 Å². The second-order valence-electron chi connectivity index (χ2n) is 9.17. The normalized spacial score (nSPS) is 19.2. The van der Waals surface area contributed by atoms with Gasteiger partial charge in [0.25, 0.3) is 5.91 Å². The largest absolute Gasteiger partial charge is 0.481 e. The Kier molecular flexibility index (Phi) is 5.34. The van der Waals surface area contributed by atoms with Crippen molar-refractivity contribution in [3.05, 3.63) is 58.3 Å². The van der Waals surface area contributed by atoms with Gasteiger partial charge in [0.1, 0.15) is 0 Å². The zero-order valence-corrected chi connectivity index (χ0v) is 17.9. The highest BCUT2D eigenvalue weighted by molar-refractivity contribution is 5.94. The monoisotopic (exact) mass is 393 g/mol. The standard InChI is InChI=1S/C24H31N3O2/c1-24(2,3)18-12-16-8-11-27(23(28)17-7-10-26-22(13-17)29-4)15-20(16)19(14-18)21-6-5-9-25-21/h7,10,12-14,21,25H,5-6,8-9,11,15H2,1-4H3/t21-/m0/s1. The van der Waals surface area contributed by atoms with Gasteiger partial charge in [-0.1, -0.05) is 32.9 Å². The van der Waals surface area contributed by atoms with Gasteiger partial charge in [-0.3, -0.25) is 4.79 Å². The predicted molar refractivity (Wildman–Crippen MR) is 114 cm³/mol. The average Bonchev–Trinajstić information content (AvgIpc) is 3.26. The number of rotatable bonds is 3. The van der Waals surface area contributed by atoms with E-state index in [0.29, 0.717) is 24.0 Å². The van der Waals surface area contributed by atoms with E-state index in [2.05, 4.69) is 43.2 Å². The number of fused-ring (bicyclic) bond motifs is 1. The molecule has 29 heavy (non-hydrogen) atoms. The van der Waals surface area contributed by atoms with Crippen LogP contribution in [-0.4, -0.2) is 36.0 Å². The second kappa shape index (κ2) is 7.79. The Morgan fingerprint density at radius 3 is 2.79 bits per heavy atom. The van der Waals surface area contributed by atoms with Crippen LogP contribution < -0.4 is 10.1 Å². The molecular formula is C24H31N3O2. The lowest BCUT2D eigenvalue weighted by Crippen LogP contribution is -2.37. The summed E-state index contributed by atoms with van der Waals surface area (Å²) in [5.41, 5.74) is 6.25. The first-order valence-corrected chi connectivity index (χ1v) is 10.6. The maximum absolute atomic E-state index is 13.2. The molecule has 1 saturated heterocycles. The van der Waals surface area contributed by atoms with E-state index < -0.39 is 0 Å². The van der Waals surface area contributed by atoms with E-state index in [9.17, 15) is 4.79 Å². The first-order chi connectivity index (χ1) is 13.9. The molecule has 2 aliphatic heterocycles. The lowest BCUT2D eigenvalue weighted by molar-refractivity contribution is 0.0733. The number of ether oxygens (including phenoxy) is 1. The first-order valence-electron chi connectivity index (χ1n) is 10.6. The van der Waals surface area contributed by atoms with E-state index in [0.717, 1.165) is 25.9 Å². The summed E-state index contributed by atoms with van der Waals surface area (Å²) in [4.78, 5) is 19.2. The van der Waals surface area contributed by atoms with Crippen LogP contribution in [0, 0.1) is 0 Å². The van der Waals surface area contributed by atoms with Crippen LogP contribution in [-0.2, 0) is 18.4 Å². The van der Waals surface area contributed by atoms with Gasteiger partial charge in [0.05, 0.1) is 7.11 Å². The first kappa shape index (κ1) is 19.9. The van der Waals surface area contributed by atoms with Crippen molar-refractivity contribution < 1.29 is 9.53 Å². The molecule has 1 fully saturated rings. The minimum atomic E-state index is 0.0431. The fourth-order valence-electron chi connectivity index (χ4n) is 4.40. The van der Waals surface area contributed by atoms with E-state index >= 15 is 0 Å². The molecule has 1 aromatic heterocycles. The highest BCUT2D eigenvalue weighted by atomic mass is 16.5. The van der Waals surface area contributed by atoms with Crippen molar-refractivity contribution in [2.45, 2.75) is 58.0 Å². The number of carbonyl (C=O) groups is 1. The van der Waals surface area contributed by atoms with Gasteiger partial charge in [-0.05, 0) is 59.5 Å². The zero-order valence-electron chi connectivity index (χ0n) is 17.9.